The van der Waals surface area contributed by atoms with Gasteiger partial charge in [0.15, 0.2) is 5.82 Å². The Morgan fingerprint density at radius 1 is 1.64 bits per heavy atom. The van der Waals surface area contributed by atoms with Crippen molar-refractivity contribution in [2.75, 3.05) is 13.1 Å². The van der Waals surface area contributed by atoms with Crippen LogP contribution in [0.4, 0.5) is 4.39 Å². The standard InChI is InChI=1S/C8H14FN5/c1-14-12-7(11-13-14)5-8(9)3-2-4-10-6-8/h10H,2-6H2,1H3. The molecule has 6 heteroatoms. The van der Waals surface area contributed by atoms with Crippen molar-refractivity contribution in [3.8, 4) is 0 Å². The Kier molecular flexibility index (Phi) is 2.45. The van der Waals surface area contributed by atoms with Crippen LogP contribution in [0.3, 0.4) is 0 Å². The summed E-state index contributed by atoms with van der Waals surface area (Å²) in [6.45, 7) is 1.30. The zero-order chi connectivity index (χ0) is 10.0. The van der Waals surface area contributed by atoms with Gasteiger partial charge in [0, 0.05) is 13.0 Å². The number of aromatic nitrogens is 4. The third-order valence-corrected chi connectivity index (χ3v) is 2.44. The van der Waals surface area contributed by atoms with E-state index in [-0.39, 0.29) is 6.42 Å². The van der Waals surface area contributed by atoms with Gasteiger partial charge in [0.2, 0.25) is 0 Å². The average molecular weight is 199 g/mol. The average Bonchev–Trinajstić information content (AvgIpc) is 2.51. The van der Waals surface area contributed by atoms with E-state index in [0.29, 0.717) is 18.8 Å². The van der Waals surface area contributed by atoms with Crippen LogP contribution >= 0.6 is 0 Å². The molecular formula is C8H14FN5. The van der Waals surface area contributed by atoms with Gasteiger partial charge >= 0.3 is 0 Å². The predicted octanol–water partition coefficient (Wildman–Crippen LogP) is -0.156. The van der Waals surface area contributed by atoms with E-state index in [1.807, 2.05) is 0 Å². The minimum Gasteiger partial charge on any atom is -0.314 e. The summed E-state index contributed by atoms with van der Waals surface area (Å²) in [6, 6.07) is 0. The lowest BCUT2D eigenvalue weighted by Gasteiger charge is -2.28. The number of rotatable bonds is 2. The highest BCUT2D eigenvalue weighted by Crippen LogP contribution is 2.23. The number of halogens is 1. The zero-order valence-electron chi connectivity index (χ0n) is 8.20. The molecule has 1 atom stereocenters. The molecule has 1 unspecified atom stereocenters. The Morgan fingerprint density at radius 3 is 3.07 bits per heavy atom. The molecule has 0 aliphatic carbocycles. The molecule has 1 aromatic rings. The van der Waals surface area contributed by atoms with Gasteiger partial charge < -0.3 is 5.32 Å². The summed E-state index contributed by atoms with van der Waals surface area (Å²) in [5.74, 6) is 0.485. The molecule has 0 aromatic carbocycles. The molecule has 0 radical (unpaired) electrons. The minimum absolute atomic E-state index is 0.258. The molecule has 1 N–H and O–H groups in total. The van der Waals surface area contributed by atoms with Crippen LogP contribution in [0.5, 0.6) is 0 Å². The van der Waals surface area contributed by atoms with Crippen molar-refractivity contribution < 1.29 is 4.39 Å². The third-order valence-electron chi connectivity index (χ3n) is 2.44. The molecule has 0 amide bonds. The van der Waals surface area contributed by atoms with Crippen LogP contribution in [-0.2, 0) is 13.5 Å². The Morgan fingerprint density at radius 2 is 2.50 bits per heavy atom. The quantitative estimate of drug-likeness (QED) is 0.719. The van der Waals surface area contributed by atoms with Gasteiger partial charge in [-0.3, -0.25) is 0 Å². The summed E-state index contributed by atoms with van der Waals surface area (Å²) in [6.07, 6.45) is 1.71. The number of hydrogen-bond donors (Lipinski definition) is 1. The molecule has 1 aliphatic heterocycles. The second kappa shape index (κ2) is 3.61. The summed E-state index contributed by atoms with van der Waals surface area (Å²) < 4.78 is 14.1. The van der Waals surface area contributed by atoms with Crippen LogP contribution in [0.15, 0.2) is 0 Å². The van der Waals surface area contributed by atoms with E-state index < -0.39 is 5.67 Å². The molecule has 0 bridgehead atoms. The van der Waals surface area contributed by atoms with Crippen LogP contribution < -0.4 is 5.32 Å². The van der Waals surface area contributed by atoms with Gasteiger partial charge in [-0.2, -0.15) is 4.80 Å². The molecule has 1 aliphatic rings. The highest BCUT2D eigenvalue weighted by atomic mass is 19.1. The summed E-state index contributed by atoms with van der Waals surface area (Å²) >= 11 is 0. The van der Waals surface area contributed by atoms with E-state index in [9.17, 15) is 4.39 Å². The van der Waals surface area contributed by atoms with E-state index in [0.717, 1.165) is 13.0 Å². The van der Waals surface area contributed by atoms with Crippen molar-refractivity contribution in [3.05, 3.63) is 5.82 Å². The Balaban J connectivity index is 2.01. The molecule has 1 aromatic heterocycles. The van der Waals surface area contributed by atoms with E-state index >= 15 is 0 Å². The fourth-order valence-corrected chi connectivity index (χ4v) is 1.76. The maximum atomic E-state index is 14.1. The zero-order valence-corrected chi connectivity index (χ0v) is 8.20. The summed E-state index contributed by atoms with van der Waals surface area (Å²) in [5.41, 5.74) is -1.19. The van der Waals surface area contributed by atoms with Crippen molar-refractivity contribution in [2.24, 2.45) is 7.05 Å². The molecule has 78 valence electrons. The lowest BCUT2D eigenvalue weighted by atomic mass is 9.92. The molecule has 1 saturated heterocycles. The summed E-state index contributed by atoms with van der Waals surface area (Å²) in [4.78, 5) is 1.36. The van der Waals surface area contributed by atoms with Crippen molar-refractivity contribution in [3.63, 3.8) is 0 Å². The van der Waals surface area contributed by atoms with Gasteiger partial charge in [-0.15, -0.1) is 10.2 Å². The first kappa shape index (κ1) is 9.51. The van der Waals surface area contributed by atoms with Gasteiger partial charge in [0.1, 0.15) is 5.67 Å². The van der Waals surface area contributed by atoms with Crippen LogP contribution in [0.2, 0.25) is 0 Å². The third kappa shape index (κ3) is 2.06. The molecule has 0 saturated carbocycles. The van der Waals surface area contributed by atoms with Crippen LogP contribution in [0.25, 0.3) is 0 Å². The maximum Gasteiger partial charge on any atom is 0.178 e. The first-order valence-electron chi connectivity index (χ1n) is 4.80. The first-order chi connectivity index (χ1) is 6.68. The number of alkyl halides is 1. The number of aryl methyl sites for hydroxylation is 1. The molecular weight excluding hydrogens is 185 g/mol. The predicted molar refractivity (Wildman–Crippen MR) is 48.4 cm³/mol. The number of nitrogens with one attached hydrogen (secondary N) is 1. The minimum atomic E-state index is -1.19. The van der Waals surface area contributed by atoms with Crippen molar-refractivity contribution >= 4 is 0 Å². The van der Waals surface area contributed by atoms with E-state index in [1.165, 1.54) is 4.80 Å². The van der Waals surface area contributed by atoms with Crippen molar-refractivity contribution in [2.45, 2.75) is 24.9 Å². The fraction of sp³-hybridized carbons (Fsp3) is 0.875. The molecule has 14 heavy (non-hydrogen) atoms. The highest BCUT2D eigenvalue weighted by Gasteiger charge is 2.33. The number of hydrogen-bond acceptors (Lipinski definition) is 4. The van der Waals surface area contributed by atoms with Crippen LogP contribution in [0, 0.1) is 0 Å². The van der Waals surface area contributed by atoms with Crippen molar-refractivity contribution in [1.29, 1.82) is 0 Å². The highest BCUT2D eigenvalue weighted by molar-refractivity contribution is 4.94. The normalized spacial score (nSPS) is 27.9. The Hall–Kier alpha value is -1.04. The summed E-state index contributed by atoms with van der Waals surface area (Å²) in [5, 5.41) is 14.5. The molecule has 2 rings (SSSR count). The van der Waals surface area contributed by atoms with Gasteiger partial charge in [-0.05, 0) is 24.6 Å². The van der Waals surface area contributed by atoms with Crippen LogP contribution in [-0.4, -0.2) is 39.0 Å². The van der Waals surface area contributed by atoms with E-state index in [2.05, 4.69) is 20.7 Å². The SMILES string of the molecule is Cn1nnc(CC2(F)CCCNC2)n1. The number of nitrogens with zero attached hydrogens (tertiary/aromatic N) is 4. The monoisotopic (exact) mass is 199 g/mol. The van der Waals surface area contributed by atoms with Gasteiger partial charge in [0.25, 0.3) is 0 Å². The van der Waals surface area contributed by atoms with Crippen molar-refractivity contribution in [1.82, 2.24) is 25.5 Å². The Labute approximate surface area is 81.7 Å². The maximum absolute atomic E-state index is 14.1. The van der Waals surface area contributed by atoms with Gasteiger partial charge in [0.05, 0.1) is 7.05 Å². The van der Waals surface area contributed by atoms with Crippen LogP contribution in [0.1, 0.15) is 18.7 Å². The Bertz CT molecular complexity index is 304. The molecule has 1 fully saturated rings. The van der Waals surface area contributed by atoms with Gasteiger partial charge in [-0.25, -0.2) is 4.39 Å². The van der Waals surface area contributed by atoms with E-state index in [1.54, 1.807) is 7.05 Å². The smallest absolute Gasteiger partial charge is 0.178 e. The number of tetrazole rings is 1. The second-order valence-electron chi connectivity index (χ2n) is 3.80. The summed E-state index contributed by atoms with van der Waals surface area (Å²) in [7, 11) is 1.68. The first-order valence-corrected chi connectivity index (χ1v) is 4.80. The second-order valence-corrected chi connectivity index (χ2v) is 3.80. The largest absolute Gasteiger partial charge is 0.314 e. The topological polar surface area (TPSA) is 55.6 Å². The van der Waals surface area contributed by atoms with E-state index in [4.69, 9.17) is 0 Å². The number of piperidine rings is 1. The lowest BCUT2D eigenvalue weighted by molar-refractivity contribution is 0.120. The van der Waals surface area contributed by atoms with Gasteiger partial charge in [-0.1, -0.05) is 0 Å². The molecule has 5 nitrogen and oxygen atoms in total. The molecule has 0 spiro atoms. The lowest BCUT2D eigenvalue weighted by Crippen LogP contribution is -2.44. The fourth-order valence-electron chi connectivity index (χ4n) is 1.76. The molecule has 2 heterocycles.